The van der Waals surface area contributed by atoms with E-state index >= 15 is 0 Å². The number of nitrogens with two attached hydrogens (primary N) is 1. The van der Waals surface area contributed by atoms with Crippen LogP contribution in [0.4, 0.5) is 11.5 Å². The number of nitrogen functional groups attached to an aromatic ring is 1. The van der Waals surface area contributed by atoms with Crippen LogP contribution in [0.1, 0.15) is 0 Å². The van der Waals surface area contributed by atoms with Crippen molar-refractivity contribution in [3.05, 3.63) is 65.9 Å². The Balaban J connectivity index is 1.54. The minimum absolute atomic E-state index is 0.523. The van der Waals surface area contributed by atoms with Crippen molar-refractivity contribution in [2.45, 2.75) is 0 Å². The van der Waals surface area contributed by atoms with E-state index < -0.39 is 0 Å². The van der Waals surface area contributed by atoms with Crippen LogP contribution in [-0.2, 0) is 0 Å². The van der Waals surface area contributed by atoms with Crippen molar-refractivity contribution in [2.24, 2.45) is 0 Å². The van der Waals surface area contributed by atoms with Gasteiger partial charge in [0.2, 0.25) is 0 Å². The van der Waals surface area contributed by atoms with E-state index in [1.807, 2.05) is 30.5 Å². The molecule has 0 aliphatic carbocycles. The van der Waals surface area contributed by atoms with Crippen molar-refractivity contribution in [3.63, 3.8) is 0 Å². The van der Waals surface area contributed by atoms with Crippen LogP contribution in [0.25, 0.3) is 27.9 Å². The maximum atomic E-state index is 6.46. The van der Waals surface area contributed by atoms with Crippen molar-refractivity contribution < 1.29 is 0 Å². The molecule has 2 aromatic heterocycles. The van der Waals surface area contributed by atoms with Crippen LogP contribution in [-0.4, -0.2) is 52.7 Å². The van der Waals surface area contributed by atoms with Crippen LogP contribution in [0.3, 0.4) is 0 Å². The lowest BCUT2D eigenvalue weighted by molar-refractivity contribution is 0.313. The molecule has 0 bridgehead atoms. The first-order valence-electron chi connectivity index (χ1n) is 10.0. The molecule has 1 saturated heterocycles. The fourth-order valence-corrected chi connectivity index (χ4v) is 4.21. The van der Waals surface area contributed by atoms with Crippen molar-refractivity contribution in [1.29, 1.82) is 0 Å². The van der Waals surface area contributed by atoms with Crippen LogP contribution >= 0.6 is 11.6 Å². The smallest absolute Gasteiger partial charge is 0.165 e. The van der Waals surface area contributed by atoms with Crippen molar-refractivity contribution in [1.82, 2.24) is 19.5 Å². The highest BCUT2D eigenvalue weighted by Gasteiger charge is 2.17. The topological polar surface area (TPSA) is 62.7 Å². The standard InChI is InChI=1S/C23H23ClN6/c1-28-9-11-29(12-10-28)17-6-4-5-16(13-17)19-15-27-30-22(25)20(14-26-23(19)30)18-7-2-3-8-21(18)24/h2-8,13-15H,9-12,25H2,1H3. The van der Waals surface area contributed by atoms with Crippen LogP contribution in [0.15, 0.2) is 60.9 Å². The summed E-state index contributed by atoms with van der Waals surface area (Å²) in [6, 6.07) is 16.2. The first-order valence-corrected chi connectivity index (χ1v) is 10.4. The minimum Gasteiger partial charge on any atom is -0.383 e. The second-order valence-corrected chi connectivity index (χ2v) is 8.08. The molecule has 152 valence electrons. The van der Waals surface area contributed by atoms with Crippen molar-refractivity contribution >= 4 is 28.8 Å². The molecule has 7 heteroatoms. The third kappa shape index (κ3) is 3.28. The molecule has 0 saturated carbocycles. The second-order valence-electron chi connectivity index (χ2n) is 7.67. The first-order chi connectivity index (χ1) is 14.6. The number of rotatable bonds is 3. The Hall–Kier alpha value is -3.09. The number of fused-ring (bicyclic) bond motifs is 1. The van der Waals surface area contributed by atoms with Crippen LogP contribution < -0.4 is 10.6 Å². The second kappa shape index (κ2) is 7.63. The molecule has 1 aliphatic rings. The van der Waals surface area contributed by atoms with E-state index in [1.165, 1.54) is 5.69 Å². The largest absolute Gasteiger partial charge is 0.383 e. The molecule has 3 heterocycles. The molecular formula is C23H23ClN6. The molecule has 1 aliphatic heterocycles. The average Bonchev–Trinajstić information content (AvgIpc) is 3.20. The van der Waals surface area contributed by atoms with Crippen molar-refractivity contribution in [2.75, 3.05) is 43.9 Å². The van der Waals surface area contributed by atoms with Gasteiger partial charge in [-0.05, 0) is 30.8 Å². The summed E-state index contributed by atoms with van der Waals surface area (Å²) in [7, 11) is 2.17. The van der Waals surface area contributed by atoms with Gasteiger partial charge >= 0.3 is 0 Å². The molecule has 0 atom stereocenters. The molecule has 4 aromatic rings. The molecule has 2 N–H and O–H groups in total. The van der Waals surface area contributed by atoms with Gasteiger partial charge in [0.25, 0.3) is 0 Å². The fraction of sp³-hybridized carbons (Fsp3) is 0.217. The monoisotopic (exact) mass is 418 g/mol. The van der Waals surface area contributed by atoms with Gasteiger partial charge in [0.15, 0.2) is 5.65 Å². The number of halogens is 1. The van der Waals surface area contributed by atoms with E-state index in [2.05, 4.69) is 51.2 Å². The normalized spacial score (nSPS) is 15.1. The van der Waals surface area contributed by atoms with Gasteiger partial charge in [-0.3, -0.25) is 0 Å². The number of nitrogens with zero attached hydrogens (tertiary/aromatic N) is 5. The summed E-state index contributed by atoms with van der Waals surface area (Å²) in [5.74, 6) is 0.523. The Morgan fingerprint density at radius 2 is 1.70 bits per heavy atom. The third-order valence-electron chi connectivity index (χ3n) is 5.75. The predicted molar refractivity (Wildman–Crippen MR) is 123 cm³/mol. The summed E-state index contributed by atoms with van der Waals surface area (Å²) in [6.45, 7) is 4.20. The summed E-state index contributed by atoms with van der Waals surface area (Å²) in [5, 5.41) is 5.17. The van der Waals surface area contributed by atoms with Gasteiger partial charge in [-0.15, -0.1) is 0 Å². The quantitative estimate of drug-likeness (QED) is 0.543. The first kappa shape index (κ1) is 18.9. The molecule has 1 fully saturated rings. The molecule has 0 amide bonds. The lowest BCUT2D eigenvalue weighted by atomic mass is 10.1. The average molecular weight is 419 g/mol. The molecule has 0 unspecified atom stereocenters. The zero-order chi connectivity index (χ0) is 20.7. The summed E-state index contributed by atoms with van der Waals surface area (Å²) in [5.41, 5.74) is 12.1. The number of hydrogen-bond donors (Lipinski definition) is 1. The van der Waals surface area contributed by atoms with E-state index in [-0.39, 0.29) is 0 Å². The summed E-state index contributed by atoms with van der Waals surface area (Å²) in [6.07, 6.45) is 3.61. The lowest BCUT2D eigenvalue weighted by Crippen LogP contribution is -2.44. The van der Waals surface area contributed by atoms with Gasteiger partial charge in [0.1, 0.15) is 5.82 Å². The Labute approximate surface area is 180 Å². The molecule has 0 radical (unpaired) electrons. The van der Waals surface area contributed by atoms with Gasteiger partial charge in [-0.1, -0.05) is 41.9 Å². The van der Waals surface area contributed by atoms with Gasteiger partial charge in [-0.25, -0.2) is 4.98 Å². The summed E-state index contributed by atoms with van der Waals surface area (Å²) >= 11 is 6.36. The predicted octanol–water partition coefficient (Wildman–Crippen LogP) is 4.05. The SMILES string of the molecule is CN1CCN(c2cccc(-c3cnn4c(N)c(-c5ccccc5Cl)cnc34)c2)CC1. The molecule has 0 spiro atoms. The number of likely N-dealkylation sites (N-methyl/N-ethyl adjacent to an activating group) is 1. The van der Waals surface area contributed by atoms with Crippen LogP contribution in [0, 0.1) is 0 Å². The van der Waals surface area contributed by atoms with Crippen LogP contribution in [0.5, 0.6) is 0 Å². The highest BCUT2D eigenvalue weighted by molar-refractivity contribution is 6.33. The summed E-state index contributed by atoms with van der Waals surface area (Å²) in [4.78, 5) is 9.47. The number of anilines is 2. The van der Waals surface area contributed by atoms with Gasteiger partial charge < -0.3 is 15.5 Å². The maximum absolute atomic E-state index is 6.46. The maximum Gasteiger partial charge on any atom is 0.165 e. The molecule has 30 heavy (non-hydrogen) atoms. The van der Waals surface area contributed by atoms with E-state index in [9.17, 15) is 0 Å². The highest BCUT2D eigenvalue weighted by atomic mass is 35.5. The van der Waals surface area contributed by atoms with Gasteiger partial charge in [0.05, 0.1) is 6.20 Å². The zero-order valence-corrected chi connectivity index (χ0v) is 17.5. The summed E-state index contributed by atoms with van der Waals surface area (Å²) < 4.78 is 1.69. The van der Waals surface area contributed by atoms with Crippen LogP contribution in [0.2, 0.25) is 5.02 Å². The molecule has 5 rings (SSSR count). The van der Waals surface area contributed by atoms with Crippen molar-refractivity contribution in [3.8, 4) is 22.3 Å². The molecular weight excluding hydrogens is 396 g/mol. The van der Waals surface area contributed by atoms with E-state index in [4.69, 9.17) is 17.3 Å². The Bertz CT molecular complexity index is 1210. The third-order valence-corrected chi connectivity index (χ3v) is 6.08. The Morgan fingerprint density at radius 3 is 2.50 bits per heavy atom. The number of hydrogen-bond acceptors (Lipinski definition) is 5. The number of aromatic nitrogens is 3. The molecule has 6 nitrogen and oxygen atoms in total. The Kier molecular flexibility index (Phi) is 4.81. The Morgan fingerprint density at radius 1 is 0.900 bits per heavy atom. The van der Waals surface area contributed by atoms with E-state index in [0.29, 0.717) is 10.8 Å². The van der Waals surface area contributed by atoms with Gasteiger partial charge in [-0.2, -0.15) is 9.61 Å². The highest BCUT2D eigenvalue weighted by Crippen LogP contribution is 2.34. The zero-order valence-electron chi connectivity index (χ0n) is 16.8. The van der Waals surface area contributed by atoms with E-state index in [1.54, 1.807) is 10.7 Å². The number of benzene rings is 2. The lowest BCUT2D eigenvalue weighted by Gasteiger charge is -2.34. The fourth-order valence-electron chi connectivity index (χ4n) is 3.97. The van der Waals surface area contributed by atoms with E-state index in [0.717, 1.165) is 54.1 Å². The van der Waals surface area contributed by atoms with Gasteiger partial charge in [0, 0.05) is 59.8 Å². The number of piperazine rings is 1. The molecule has 2 aromatic carbocycles. The minimum atomic E-state index is 0.523.